The second-order valence-electron chi connectivity index (χ2n) is 8.22. The number of carbonyl (C=O) groups excluding carboxylic acids is 2. The molecule has 1 aliphatic heterocycles. The molecule has 2 aromatic rings. The van der Waals surface area contributed by atoms with Gasteiger partial charge in [-0.1, -0.05) is 0 Å². The highest BCUT2D eigenvalue weighted by Crippen LogP contribution is 2.35. The van der Waals surface area contributed by atoms with Crippen molar-refractivity contribution in [1.29, 1.82) is 0 Å². The molecule has 2 aliphatic rings. The van der Waals surface area contributed by atoms with E-state index >= 15 is 0 Å². The van der Waals surface area contributed by atoms with Gasteiger partial charge in [-0.2, -0.15) is 13.2 Å². The number of hydrogen-bond acceptors (Lipinski definition) is 6. The highest BCUT2D eigenvalue weighted by molar-refractivity contribution is 5.94. The van der Waals surface area contributed by atoms with E-state index in [2.05, 4.69) is 25.9 Å². The molecule has 3 N–H and O–H groups in total. The molecule has 1 aliphatic carbocycles. The number of benzene rings is 1. The number of amides is 3. The minimum atomic E-state index is -4.56. The molecule has 0 spiro atoms. The zero-order valence-corrected chi connectivity index (χ0v) is 18.3. The van der Waals surface area contributed by atoms with Gasteiger partial charge in [0.2, 0.25) is 5.91 Å². The van der Waals surface area contributed by atoms with Crippen molar-refractivity contribution in [3.8, 4) is 6.01 Å². The molecule has 0 radical (unpaired) electrons. The van der Waals surface area contributed by atoms with Crippen LogP contribution in [0, 0.1) is 0 Å². The van der Waals surface area contributed by atoms with Crippen molar-refractivity contribution in [2.75, 3.05) is 29.9 Å². The summed E-state index contributed by atoms with van der Waals surface area (Å²) in [5, 5.41) is 8.06. The van der Waals surface area contributed by atoms with Gasteiger partial charge in [-0.15, -0.1) is 0 Å². The Morgan fingerprint density at radius 2 is 1.88 bits per heavy atom. The third-order valence-corrected chi connectivity index (χ3v) is 5.77. The van der Waals surface area contributed by atoms with Gasteiger partial charge < -0.3 is 25.6 Å². The maximum absolute atomic E-state index is 13.3. The van der Waals surface area contributed by atoms with E-state index in [1.54, 1.807) is 23.4 Å². The molecule has 9 nitrogen and oxygen atoms in total. The minimum Gasteiger partial charge on any atom is -0.460 e. The van der Waals surface area contributed by atoms with Crippen LogP contribution in [0.1, 0.15) is 31.2 Å². The summed E-state index contributed by atoms with van der Waals surface area (Å²) < 4.78 is 45.6. The summed E-state index contributed by atoms with van der Waals surface area (Å²) in [5.74, 6) is -0.235. The van der Waals surface area contributed by atoms with Gasteiger partial charge in [0.05, 0.1) is 23.5 Å². The zero-order chi connectivity index (χ0) is 24.1. The highest BCUT2D eigenvalue weighted by atomic mass is 19.4. The third-order valence-electron chi connectivity index (χ3n) is 5.77. The van der Waals surface area contributed by atoms with Gasteiger partial charge in [0.1, 0.15) is 6.10 Å². The first kappa shape index (κ1) is 23.6. The van der Waals surface area contributed by atoms with Crippen molar-refractivity contribution in [2.24, 2.45) is 0 Å². The SMILES string of the molecule is O=C1CN(c2ccc(C(F)(F)F)cc2NC(=O)NC2CCC(Oc3ncccn3)CC2)CCN1. The Morgan fingerprint density at radius 3 is 2.56 bits per heavy atom. The average Bonchev–Trinajstić information content (AvgIpc) is 2.80. The van der Waals surface area contributed by atoms with E-state index in [0.717, 1.165) is 12.1 Å². The number of urea groups is 1. The molecular weight excluding hydrogens is 453 g/mol. The molecule has 0 atom stereocenters. The van der Waals surface area contributed by atoms with Crippen LogP contribution < -0.4 is 25.6 Å². The Morgan fingerprint density at radius 1 is 1.15 bits per heavy atom. The normalized spacial score (nSPS) is 20.9. The van der Waals surface area contributed by atoms with E-state index in [1.807, 2.05) is 0 Å². The van der Waals surface area contributed by atoms with Crippen LogP contribution in [0.2, 0.25) is 0 Å². The maximum Gasteiger partial charge on any atom is 0.416 e. The number of anilines is 2. The predicted molar refractivity (Wildman–Crippen MR) is 118 cm³/mol. The van der Waals surface area contributed by atoms with E-state index in [-0.39, 0.29) is 30.3 Å². The van der Waals surface area contributed by atoms with Gasteiger partial charge in [0.15, 0.2) is 0 Å². The van der Waals surface area contributed by atoms with Crippen LogP contribution >= 0.6 is 0 Å². The summed E-state index contributed by atoms with van der Waals surface area (Å²) in [6.45, 7) is 0.782. The lowest BCUT2D eigenvalue weighted by Gasteiger charge is -2.31. The van der Waals surface area contributed by atoms with Crippen LogP contribution in [0.4, 0.5) is 29.3 Å². The summed E-state index contributed by atoms with van der Waals surface area (Å²) in [4.78, 5) is 34.1. The lowest BCUT2D eigenvalue weighted by atomic mass is 9.93. The molecule has 0 bridgehead atoms. The first-order valence-corrected chi connectivity index (χ1v) is 11.0. The fourth-order valence-corrected chi connectivity index (χ4v) is 4.10. The Hall–Kier alpha value is -3.57. The van der Waals surface area contributed by atoms with Gasteiger partial charge in [0.25, 0.3) is 0 Å². The molecule has 3 amide bonds. The van der Waals surface area contributed by atoms with Crippen molar-refractivity contribution >= 4 is 23.3 Å². The molecule has 2 heterocycles. The van der Waals surface area contributed by atoms with Crippen LogP contribution in [0.25, 0.3) is 0 Å². The Bertz CT molecular complexity index is 1010. The van der Waals surface area contributed by atoms with Crippen LogP contribution in [0.15, 0.2) is 36.7 Å². The molecule has 0 unspecified atom stereocenters. The predicted octanol–water partition coefficient (Wildman–Crippen LogP) is 2.94. The molecule has 1 saturated carbocycles. The average molecular weight is 478 g/mol. The van der Waals surface area contributed by atoms with Crippen molar-refractivity contribution in [2.45, 2.75) is 44.0 Å². The topological polar surface area (TPSA) is 108 Å². The van der Waals surface area contributed by atoms with Gasteiger partial charge in [-0.3, -0.25) is 4.79 Å². The summed E-state index contributed by atoms with van der Waals surface area (Å²) in [6, 6.07) is 4.38. The standard InChI is InChI=1S/C22H25F3N6O3/c23-22(24,25)14-2-7-18(31-11-10-26-19(32)13-31)17(12-14)30-20(33)29-15-3-5-16(6-4-15)34-21-27-8-1-9-28-21/h1-2,7-9,12,15-16H,3-6,10-11,13H2,(H,26,32)(H2,29,30,33). The zero-order valence-electron chi connectivity index (χ0n) is 18.3. The first-order valence-electron chi connectivity index (χ1n) is 11.0. The summed E-state index contributed by atoms with van der Waals surface area (Å²) in [7, 11) is 0. The number of nitrogens with zero attached hydrogens (tertiary/aromatic N) is 3. The molecule has 1 aromatic carbocycles. The molecule has 1 aromatic heterocycles. The monoisotopic (exact) mass is 478 g/mol. The fourth-order valence-electron chi connectivity index (χ4n) is 4.10. The maximum atomic E-state index is 13.3. The largest absolute Gasteiger partial charge is 0.460 e. The number of rotatable bonds is 5. The van der Waals surface area contributed by atoms with Crippen molar-refractivity contribution in [3.63, 3.8) is 0 Å². The highest BCUT2D eigenvalue weighted by Gasteiger charge is 2.32. The number of carbonyl (C=O) groups is 2. The molecule has 2 fully saturated rings. The van der Waals surface area contributed by atoms with Gasteiger partial charge in [-0.25, -0.2) is 14.8 Å². The van der Waals surface area contributed by atoms with Gasteiger partial charge >= 0.3 is 18.2 Å². The second kappa shape index (κ2) is 10.1. The van der Waals surface area contributed by atoms with Crippen LogP contribution in [-0.2, 0) is 11.0 Å². The Kier molecular flexibility index (Phi) is 7.03. The van der Waals surface area contributed by atoms with E-state index in [1.165, 1.54) is 6.07 Å². The van der Waals surface area contributed by atoms with Gasteiger partial charge in [-0.05, 0) is 49.9 Å². The van der Waals surface area contributed by atoms with E-state index in [4.69, 9.17) is 4.74 Å². The number of aromatic nitrogens is 2. The van der Waals surface area contributed by atoms with Crippen molar-refractivity contribution in [1.82, 2.24) is 20.6 Å². The number of piperazine rings is 1. The van der Waals surface area contributed by atoms with Crippen LogP contribution in [0.3, 0.4) is 0 Å². The Labute approximate surface area is 194 Å². The van der Waals surface area contributed by atoms with E-state index < -0.39 is 17.8 Å². The molecule has 12 heteroatoms. The lowest BCUT2D eigenvalue weighted by molar-refractivity contribution is -0.137. The third kappa shape index (κ3) is 6.06. The fraction of sp³-hybridized carbons (Fsp3) is 0.455. The Balaban J connectivity index is 1.38. The number of ether oxygens (including phenoxy) is 1. The second-order valence-corrected chi connectivity index (χ2v) is 8.22. The quantitative estimate of drug-likeness (QED) is 0.610. The van der Waals surface area contributed by atoms with Crippen molar-refractivity contribution < 1.29 is 27.5 Å². The van der Waals surface area contributed by atoms with Gasteiger partial charge in [0, 0.05) is 31.5 Å². The molecular formula is C22H25F3N6O3. The molecule has 1 saturated heterocycles. The van der Waals surface area contributed by atoms with Crippen LogP contribution in [0.5, 0.6) is 6.01 Å². The minimum absolute atomic E-state index is 0.000251. The van der Waals surface area contributed by atoms with Crippen molar-refractivity contribution in [3.05, 3.63) is 42.2 Å². The number of halogens is 3. The number of hydrogen-bond donors (Lipinski definition) is 3. The summed E-state index contributed by atoms with van der Waals surface area (Å²) in [6.07, 6.45) is 1.21. The molecule has 4 rings (SSSR count). The van der Waals surface area contributed by atoms with Crippen LogP contribution in [-0.4, -0.2) is 53.7 Å². The molecule has 182 valence electrons. The number of nitrogens with one attached hydrogen (secondary N) is 3. The molecule has 34 heavy (non-hydrogen) atoms. The van der Waals surface area contributed by atoms with E-state index in [0.29, 0.717) is 50.5 Å². The number of alkyl halides is 3. The smallest absolute Gasteiger partial charge is 0.416 e. The summed E-state index contributed by atoms with van der Waals surface area (Å²) in [5.41, 5.74) is -0.521. The first-order chi connectivity index (χ1) is 16.3. The lowest BCUT2D eigenvalue weighted by Crippen LogP contribution is -2.48. The van der Waals surface area contributed by atoms with E-state index in [9.17, 15) is 22.8 Å². The summed E-state index contributed by atoms with van der Waals surface area (Å²) >= 11 is 0.